The van der Waals surface area contributed by atoms with Crippen LogP contribution >= 0.6 is 11.6 Å². The van der Waals surface area contributed by atoms with Crippen LogP contribution in [0.15, 0.2) is 12.2 Å². The van der Waals surface area contributed by atoms with E-state index in [0.717, 1.165) is 12.8 Å². The molecule has 2 heteroatoms. The molecule has 0 aliphatic carbocycles. The van der Waals surface area contributed by atoms with Gasteiger partial charge >= 0.3 is 0 Å². The van der Waals surface area contributed by atoms with Gasteiger partial charge in [-0.25, -0.2) is 0 Å². The maximum atomic E-state index is 10.6. The molecule has 0 aromatic rings. The second-order valence-electron chi connectivity index (χ2n) is 7.81. The molecule has 0 aliphatic rings. The minimum absolute atomic E-state index is 0.180. The largest absolute Gasteiger partial charge is 0.281 e. The van der Waals surface area contributed by atoms with E-state index in [4.69, 9.17) is 11.6 Å². The van der Waals surface area contributed by atoms with Crippen molar-refractivity contribution in [2.75, 3.05) is 0 Å². The van der Waals surface area contributed by atoms with Gasteiger partial charge < -0.3 is 0 Å². The predicted molar refractivity (Wildman–Crippen MR) is 118 cm³/mol. The fraction of sp³-hybridized carbons (Fsp3) is 0.875. The molecule has 0 bridgehead atoms. The topological polar surface area (TPSA) is 17.1 Å². The van der Waals surface area contributed by atoms with Crippen LogP contribution in [-0.4, -0.2) is 5.24 Å². The first-order valence-corrected chi connectivity index (χ1v) is 12.0. The fourth-order valence-corrected chi connectivity index (χ4v) is 3.54. The molecule has 0 aliphatic heterocycles. The van der Waals surface area contributed by atoms with E-state index in [-0.39, 0.29) is 5.24 Å². The standard InChI is InChI=1S/C24H45ClO/c1-2-3-4-5-6-7-8-9-10-11-12-13-14-15-16-17-18-19-20-21-22-23-24(25)26/h4-5H,2-3,6-23H2,1H3/b5-4+. The van der Waals surface area contributed by atoms with Crippen molar-refractivity contribution in [2.24, 2.45) is 0 Å². The Morgan fingerprint density at radius 1 is 0.577 bits per heavy atom. The number of hydrogen-bond acceptors (Lipinski definition) is 1. The summed E-state index contributed by atoms with van der Waals surface area (Å²) in [5, 5.41) is -0.180. The summed E-state index contributed by atoms with van der Waals surface area (Å²) >= 11 is 5.33. The third kappa shape index (κ3) is 23.7. The van der Waals surface area contributed by atoms with E-state index in [0.29, 0.717) is 6.42 Å². The zero-order valence-electron chi connectivity index (χ0n) is 17.6. The van der Waals surface area contributed by atoms with Gasteiger partial charge in [0.15, 0.2) is 0 Å². The second kappa shape index (κ2) is 22.7. The van der Waals surface area contributed by atoms with Gasteiger partial charge in [0.05, 0.1) is 0 Å². The van der Waals surface area contributed by atoms with Gasteiger partial charge in [-0.05, 0) is 37.3 Å². The highest BCUT2D eigenvalue weighted by atomic mass is 35.5. The predicted octanol–water partition coefficient (Wildman–Crippen LogP) is 9.13. The fourth-order valence-electron chi connectivity index (χ4n) is 3.40. The highest BCUT2D eigenvalue weighted by molar-refractivity contribution is 6.63. The van der Waals surface area contributed by atoms with Crippen molar-refractivity contribution in [1.82, 2.24) is 0 Å². The van der Waals surface area contributed by atoms with Gasteiger partial charge in [0.1, 0.15) is 0 Å². The molecular formula is C24H45ClO. The van der Waals surface area contributed by atoms with Crippen LogP contribution in [0, 0.1) is 0 Å². The monoisotopic (exact) mass is 384 g/mol. The Morgan fingerprint density at radius 3 is 1.31 bits per heavy atom. The van der Waals surface area contributed by atoms with Crippen LogP contribution in [0.2, 0.25) is 0 Å². The summed E-state index contributed by atoms with van der Waals surface area (Å²) in [6.07, 6.45) is 30.8. The van der Waals surface area contributed by atoms with Crippen LogP contribution in [0.3, 0.4) is 0 Å². The van der Waals surface area contributed by atoms with E-state index >= 15 is 0 Å². The molecule has 0 rings (SSSR count). The normalized spacial score (nSPS) is 11.5. The maximum absolute atomic E-state index is 10.6. The second-order valence-corrected chi connectivity index (χ2v) is 8.23. The van der Waals surface area contributed by atoms with Crippen molar-refractivity contribution in [2.45, 2.75) is 135 Å². The number of unbranched alkanes of at least 4 members (excludes halogenated alkanes) is 17. The molecule has 0 aromatic carbocycles. The first kappa shape index (κ1) is 25.7. The summed E-state index contributed by atoms with van der Waals surface area (Å²) in [7, 11) is 0. The summed E-state index contributed by atoms with van der Waals surface area (Å²) < 4.78 is 0. The molecule has 0 unspecified atom stereocenters. The first-order valence-electron chi connectivity index (χ1n) is 11.6. The van der Waals surface area contributed by atoms with Crippen molar-refractivity contribution < 1.29 is 4.79 Å². The molecule has 154 valence electrons. The van der Waals surface area contributed by atoms with E-state index < -0.39 is 0 Å². The zero-order valence-corrected chi connectivity index (χ0v) is 18.3. The zero-order chi connectivity index (χ0) is 19.1. The smallest absolute Gasteiger partial charge is 0.221 e. The molecule has 0 heterocycles. The van der Waals surface area contributed by atoms with Gasteiger partial charge in [-0.15, -0.1) is 0 Å². The molecule has 0 amide bonds. The lowest BCUT2D eigenvalue weighted by Crippen LogP contribution is -1.86. The SMILES string of the molecule is CCC/C=C/CCCCCCCCCCCCCCCCCCC(=O)Cl. The Hall–Kier alpha value is -0.300. The van der Waals surface area contributed by atoms with Crippen molar-refractivity contribution in [3.63, 3.8) is 0 Å². The summed E-state index contributed by atoms with van der Waals surface area (Å²) in [6.45, 7) is 2.24. The highest BCUT2D eigenvalue weighted by Crippen LogP contribution is 2.14. The number of hydrogen-bond donors (Lipinski definition) is 0. The Kier molecular flexibility index (Phi) is 22.5. The number of rotatable bonds is 21. The number of carbonyl (C=O) groups is 1. The Balaban J connectivity index is 3.02. The minimum Gasteiger partial charge on any atom is -0.281 e. The quantitative estimate of drug-likeness (QED) is 0.109. The van der Waals surface area contributed by atoms with Gasteiger partial charge in [0.2, 0.25) is 5.24 Å². The maximum Gasteiger partial charge on any atom is 0.221 e. The number of allylic oxidation sites excluding steroid dienone is 2. The molecule has 0 atom stereocenters. The molecule has 0 fully saturated rings. The van der Waals surface area contributed by atoms with Crippen LogP contribution in [0.4, 0.5) is 0 Å². The van der Waals surface area contributed by atoms with Crippen molar-refractivity contribution in [3.05, 3.63) is 12.2 Å². The van der Waals surface area contributed by atoms with E-state index in [1.807, 2.05) is 0 Å². The average Bonchev–Trinajstić information content (AvgIpc) is 2.62. The van der Waals surface area contributed by atoms with Crippen LogP contribution in [0.5, 0.6) is 0 Å². The van der Waals surface area contributed by atoms with Crippen molar-refractivity contribution in [3.8, 4) is 0 Å². The van der Waals surface area contributed by atoms with E-state index in [2.05, 4.69) is 19.1 Å². The first-order chi connectivity index (χ1) is 12.8. The molecule has 0 saturated carbocycles. The summed E-state index contributed by atoms with van der Waals surface area (Å²) in [4.78, 5) is 10.6. The molecule has 0 radical (unpaired) electrons. The molecule has 1 nitrogen and oxygen atoms in total. The van der Waals surface area contributed by atoms with Gasteiger partial charge in [-0.3, -0.25) is 4.79 Å². The Labute approximate surface area is 169 Å². The van der Waals surface area contributed by atoms with Gasteiger partial charge in [-0.2, -0.15) is 0 Å². The lowest BCUT2D eigenvalue weighted by atomic mass is 10.0. The number of carbonyl (C=O) groups excluding carboxylic acids is 1. The summed E-state index contributed by atoms with van der Waals surface area (Å²) in [5.74, 6) is 0. The van der Waals surface area contributed by atoms with Crippen LogP contribution in [0.1, 0.15) is 135 Å². The number of halogens is 1. The summed E-state index contributed by atoms with van der Waals surface area (Å²) in [6, 6.07) is 0. The van der Waals surface area contributed by atoms with Crippen LogP contribution in [0.25, 0.3) is 0 Å². The average molecular weight is 385 g/mol. The van der Waals surface area contributed by atoms with E-state index in [1.165, 1.54) is 109 Å². The third-order valence-corrected chi connectivity index (χ3v) is 5.31. The molecular weight excluding hydrogens is 340 g/mol. The molecule has 0 spiro atoms. The lowest BCUT2D eigenvalue weighted by Gasteiger charge is -2.03. The summed E-state index contributed by atoms with van der Waals surface area (Å²) in [5.41, 5.74) is 0. The van der Waals surface area contributed by atoms with Crippen LogP contribution < -0.4 is 0 Å². The van der Waals surface area contributed by atoms with Crippen molar-refractivity contribution >= 4 is 16.8 Å². The Morgan fingerprint density at radius 2 is 0.923 bits per heavy atom. The van der Waals surface area contributed by atoms with Crippen molar-refractivity contribution in [1.29, 1.82) is 0 Å². The van der Waals surface area contributed by atoms with Gasteiger partial charge in [-0.1, -0.05) is 115 Å². The van der Waals surface area contributed by atoms with E-state index in [9.17, 15) is 4.79 Å². The molecule has 0 aromatic heterocycles. The minimum atomic E-state index is -0.180. The Bertz CT molecular complexity index is 311. The third-order valence-electron chi connectivity index (χ3n) is 5.12. The molecule has 26 heavy (non-hydrogen) atoms. The van der Waals surface area contributed by atoms with Crippen LogP contribution in [-0.2, 0) is 4.79 Å². The van der Waals surface area contributed by atoms with Gasteiger partial charge in [0, 0.05) is 6.42 Å². The van der Waals surface area contributed by atoms with Gasteiger partial charge in [0.25, 0.3) is 0 Å². The molecule has 0 N–H and O–H groups in total. The molecule has 0 saturated heterocycles. The van der Waals surface area contributed by atoms with E-state index in [1.54, 1.807) is 0 Å². The lowest BCUT2D eigenvalue weighted by molar-refractivity contribution is -0.111. The highest BCUT2D eigenvalue weighted by Gasteiger charge is 1.97.